The fourth-order valence-corrected chi connectivity index (χ4v) is 3.29. The zero-order valence-corrected chi connectivity index (χ0v) is 12.1. The Morgan fingerprint density at radius 3 is 2.28 bits per heavy atom. The lowest BCUT2D eigenvalue weighted by atomic mass is 9.82. The molecule has 0 saturated heterocycles. The number of aryl methyl sites for hydroxylation is 3. The van der Waals surface area contributed by atoms with E-state index in [1.54, 1.807) is 0 Å². The minimum Gasteiger partial charge on any atom is -0.324 e. The van der Waals surface area contributed by atoms with Gasteiger partial charge >= 0.3 is 0 Å². The topological polar surface area (TPSA) is 26.0 Å². The molecule has 1 unspecified atom stereocenters. The van der Waals surface area contributed by atoms with Gasteiger partial charge in [0.25, 0.3) is 0 Å². The third-order valence-electron chi connectivity index (χ3n) is 4.59. The minimum absolute atomic E-state index is 0.229. The van der Waals surface area contributed by atoms with Crippen molar-refractivity contribution in [3.8, 4) is 0 Å². The predicted octanol–water partition coefficient (Wildman–Crippen LogP) is 4.58. The highest BCUT2D eigenvalue weighted by atomic mass is 14.6. The molecule has 18 heavy (non-hydrogen) atoms. The Kier molecular flexibility index (Phi) is 4.45. The first kappa shape index (κ1) is 13.6. The second-order valence-corrected chi connectivity index (χ2v) is 6.14. The molecule has 1 nitrogen and oxygen atoms in total. The van der Waals surface area contributed by atoms with Crippen molar-refractivity contribution in [2.24, 2.45) is 11.7 Å². The summed E-state index contributed by atoms with van der Waals surface area (Å²) in [5.74, 6) is 0.856. The van der Waals surface area contributed by atoms with Crippen LogP contribution >= 0.6 is 0 Å². The molecule has 0 bridgehead atoms. The molecule has 0 aliphatic heterocycles. The van der Waals surface area contributed by atoms with Gasteiger partial charge in [-0.3, -0.25) is 0 Å². The third-order valence-corrected chi connectivity index (χ3v) is 4.59. The zero-order chi connectivity index (χ0) is 13.1. The van der Waals surface area contributed by atoms with Crippen LogP contribution < -0.4 is 5.73 Å². The fourth-order valence-electron chi connectivity index (χ4n) is 3.29. The highest BCUT2D eigenvalue weighted by molar-refractivity contribution is 5.38. The van der Waals surface area contributed by atoms with Gasteiger partial charge in [-0.25, -0.2) is 0 Å². The molecule has 2 N–H and O–H groups in total. The summed E-state index contributed by atoms with van der Waals surface area (Å²) in [6.07, 6.45) is 8.18. The van der Waals surface area contributed by atoms with Crippen LogP contribution in [0.1, 0.15) is 66.8 Å². The molecule has 1 saturated carbocycles. The summed E-state index contributed by atoms with van der Waals surface area (Å²) in [6.45, 7) is 6.56. The summed E-state index contributed by atoms with van der Waals surface area (Å²) >= 11 is 0. The van der Waals surface area contributed by atoms with Gasteiger partial charge in [0.2, 0.25) is 0 Å². The highest BCUT2D eigenvalue weighted by Gasteiger charge is 2.19. The summed E-state index contributed by atoms with van der Waals surface area (Å²) in [5.41, 5.74) is 11.9. The second kappa shape index (κ2) is 5.88. The summed E-state index contributed by atoms with van der Waals surface area (Å²) < 4.78 is 0. The highest BCUT2D eigenvalue weighted by Crippen LogP contribution is 2.32. The zero-order valence-electron chi connectivity index (χ0n) is 12.1. The predicted molar refractivity (Wildman–Crippen MR) is 78.8 cm³/mol. The lowest BCUT2D eigenvalue weighted by Gasteiger charge is -2.26. The summed E-state index contributed by atoms with van der Waals surface area (Å²) in [6, 6.07) is 4.82. The maximum Gasteiger partial charge on any atom is 0.0300 e. The monoisotopic (exact) mass is 245 g/mol. The maximum absolute atomic E-state index is 6.45. The molecule has 0 radical (unpaired) electrons. The number of benzene rings is 1. The molecule has 0 heterocycles. The molecule has 0 amide bonds. The average molecular weight is 245 g/mol. The SMILES string of the molecule is Cc1cc(C)c(C(N)CC2CCCCC2)cc1C. The van der Waals surface area contributed by atoms with Crippen LogP contribution in [-0.4, -0.2) is 0 Å². The molecular formula is C17H27N. The number of nitrogens with two attached hydrogens (primary N) is 1. The Morgan fingerprint density at radius 1 is 1.00 bits per heavy atom. The number of hydrogen-bond acceptors (Lipinski definition) is 1. The van der Waals surface area contributed by atoms with Crippen molar-refractivity contribution < 1.29 is 0 Å². The van der Waals surface area contributed by atoms with E-state index < -0.39 is 0 Å². The Hall–Kier alpha value is -0.820. The van der Waals surface area contributed by atoms with E-state index >= 15 is 0 Å². The van der Waals surface area contributed by atoms with Gasteiger partial charge in [0.1, 0.15) is 0 Å². The minimum atomic E-state index is 0.229. The molecule has 1 heteroatoms. The number of hydrogen-bond donors (Lipinski definition) is 1. The third kappa shape index (κ3) is 3.14. The molecular weight excluding hydrogens is 218 g/mol. The molecule has 1 aromatic rings. The van der Waals surface area contributed by atoms with E-state index in [-0.39, 0.29) is 6.04 Å². The van der Waals surface area contributed by atoms with Crippen molar-refractivity contribution in [1.82, 2.24) is 0 Å². The molecule has 1 atom stereocenters. The van der Waals surface area contributed by atoms with E-state index in [2.05, 4.69) is 32.9 Å². The van der Waals surface area contributed by atoms with Gasteiger partial charge in [0, 0.05) is 6.04 Å². The molecule has 1 fully saturated rings. The van der Waals surface area contributed by atoms with Gasteiger partial charge < -0.3 is 5.73 Å². The molecule has 1 aliphatic carbocycles. The largest absolute Gasteiger partial charge is 0.324 e. The van der Waals surface area contributed by atoms with E-state index in [0.29, 0.717) is 0 Å². The number of rotatable bonds is 3. The Labute approximate surface area is 112 Å². The molecule has 100 valence electrons. The van der Waals surface area contributed by atoms with Gasteiger partial charge in [-0.05, 0) is 55.4 Å². The Morgan fingerprint density at radius 2 is 1.61 bits per heavy atom. The van der Waals surface area contributed by atoms with Crippen molar-refractivity contribution in [2.45, 2.75) is 65.3 Å². The Bertz CT molecular complexity index is 402. The quantitative estimate of drug-likeness (QED) is 0.828. The van der Waals surface area contributed by atoms with Crippen LogP contribution in [-0.2, 0) is 0 Å². The molecule has 1 aromatic carbocycles. The van der Waals surface area contributed by atoms with E-state index in [1.165, 1.54) is 60.8 Å². The van der Waals surface area contributed by atoms with Crippen molar-refractivity contribution in [3.63, 3.8) is 0 Å². The van der Waals surface area contributed by atoms with E-state index in [9.17, 15) is 0 Å². The fraction of sp³-hybridized carbons (Fsp3) is 0.647. The summed E-state index contributed by atoms with van der Waals surface area (Å²) in [4.78, 5) is 0. The van der Waals surface area contributed by atoms with E-state index in [1.807, 2.05) is 0 Å². The summed E-state index contributed by atoms with van der Waals surface area (Å²) in [5, 5.41) is 0. The smallest absolute Gasteiger partial charge is 0.0300 e. The van der Waals surface area contributed by atoms with Gasteiger partial charge in [0.05, 0.1) is 0 Å². The van der Waals surface area contributed by atoms with Crippen LogP contribution in [0.3, 0.4) is 0 Å². The van der Waals surface area contributed by atoms with Crippen LogP contribution in [0.15, 0.2) is 12.1 Å². The van der Waals surface area contributed by atoms with Crippen LogP contribution in [0.4, 0.5) is 0 Å². The molecule has 1 aliphatic rings. The lowest BCUT2D eigenvalue weighted by molar-refractivity contribution is 0.319. The van der Waals surface area contributed by atoms with Crippen LogP contribution in [0.5, 0.6) is 0 Å². The van der Waals surface area contributed by atoms with E-state index in [4.69, 9.17) is 5.73 Å². The maximum atomic E-state index is 6.45. The van der Waals surface area contributed by atoms with Crippen LogP contribution in [0.2, 0.25) is 0 Å². The first-order valence-corrected chi connectivity index (χ1v) is 7.41. The van der Waals surface area contributed by atoms with Crippen molar-refractivity contribution in [3.05, 3.63) is 34.4 Å². The normalized spacial score (nSPS) is 18.9. The van der Waals surface area contributed by atoms with Crippen LogP contribution in [0.25, 0.3) is 0 Å². The standard InChI is InChI=1S/C17H27N/c1-12-9-14(3)16(10-13(12)2)17(18)11-15-7-5-4-6-8-15/h9-10,15,17H,4-8,11,18H2,1-3H3. The van der Waals surface area contributed by atoms with Gasteiger partial charge in [0.15, 0.2) is 0 Å². The van der Waals surface area contributed by atoms with Crippen LogP contribution in [0, 0.1) is 26.7 Å². The van der Waals surface area contributed by atoms with Gasteiger partial charge in [-0.15, -0.1) is 0 Å². The Balaban J connectivity index is 2.08. The second-order valence-electron chi connectivity index (χ2n) is 6.14. The van der Waals surface area contributed by atoms with Crippen molar-refractivity contribution in [2.75, 3.05) is 0 Å². The van der Waals surface area contributed by atoms with Gasteiger partial charge in [-0.1, -0.05) is 44.2 Å². The van der Waals surface area contributed by atoms with E-state index in [0.717, 1.165) is 5.92 Å². The first-order valence-electron chi connectivity index (χ1n) is 7.41. The molecule has 2 rings (SSSR count). The molecule has 0 aromatic heterocycles. The summed E-state index contributed by atoms with van der Waals surface area (Å²) in [7, 11) is 0. The van der Waals surface area contributed by atoms with Gasteiger partial charge in [-0.2, -0.15) is 0 Å². The van der Waals surface area contributed by atoms with Crippen molar-refractivity contribution >= 4 is 0 Å². The average Bonchev–Trinajstić information content (AvgIpc) is 2.35. The first-order chi connectivity index (χ1) is 8.58. The van der Waals surface area contributed by atoms with Crippen molar-refractivity contribution in [1.29, 1.82) is 0 Å². The lowest BCUT2D eigenvalue weighted by Crippen LogP contribution is -2.18. The molecule has 0 spiro atoms.